The van der Waals surface area contributed by atoms with Gasteiger partial charge >= 0.3 is 0 Å². The van der Waals surface area contributed by atoms with Gasteiger partial charge in [0.15, 0.2) is 5.82 Å². The fourth-order valence-corrected chi connectivity index (χ4v) is 0.807. The van der Waals surface area contributed by atoms with Gasteiger partial charge in [-0.3, -0.25) is 0 Å². The zero-order valence-corrected chi connectivity index (χ0v) is 7.79. The lowest BCUT2D eigenvalue weighted by molar-refractivity contribution is 0.0614. The lowest BCUT2D eigenvalue weighted by atomic mass is 10.5. The Labute approximate surface area is 72.4 Å². The molecule has 1 aromatic heterocycles. The van der Waals surface area contributed by atoms with Crippen LogP contribution >= 0.6 is 0 Å². The van der Waals surface area contributed by atoms with Crippen molar-refractivity contribution in [2.24, 2.45) is 0 Å². The molecule has 0 aliphatic rings. The van der Waals surface area contributed by atoms with Crippen LogP contribution in [0.1, 0.15) is 32.4 Å². The quantitative estimate of drug-likeness (QED) is 0.739. The molecule has 0 saturated heterocycles. The highest BCUT2D eigenvalue weighted by Gasteiger charge is 2.01. The van der Waals surface area contributed by atoms with Crippen molar-refractivity contribution in [3.8, 4) is 0 Å². The number of aryl methyl sites for hydroxylation is 1. The minimum atomic E-state index is 0.236. The molecule has 0 spiro atoms. The van der Waals surface area contributed by atoms with Crippen molar-refractivity contribution in [3.05, 3.63) is 11.6 Å². The molecular formula is C8H15N3O. The Morgan fingerprint density at radius 3 is 2.50 bits per heavy atom. The Kier molecular flexibility index (Phi) is 3.22. The molecule has 0 fully saturated rings. The van der Waals surface area contributed by atoms with E-state index in [9.17, 15) is 0 Å². The van der Waals surface area contributed by atoms with Crippen molar-refractivity contribution in [2.45, 2.75) is 39.9 Å². The second-order valence-corrected chi connectivity index (χ2v) is 2.93. The van der Waals surface area contributed by atoms with Crippen LogP contribution in [-0.4, -0.2) is 21.3 Å². The van der Waals surface area contributed by atoms with E-state index in [0.717, 1.165) is 18.1 Å². The van der Waals surface area contributed by atoms with Gasteiger partial charge in [-0.2, -0.15) is 0 Å². The van der Waals surface area contributed by atoms with Crippen LogP contribution in [0.3, 0.4) is 0 Å². The maximum Gasteiger partial charge on any atom is 0.156 e. The monoisotopic (exact) mass is 169 g/mol. The largest absolute Gasteiger partial charge is 0.371 e. The number of H-pyrrole nitrogens is 1. The summed E-state index contributed by atoms with van der Waals surface area (Å²) < 4.78 is 5.35. The van der Waals surface area contributed by atoms with Crippen LogP contribution in [-0.2, 0) is 17.8 Å². The summed E-state index contributed by atoms with van der Waals surface area (Å²) in [5.74, 6) is 1.72. The van der Waals surface area contributed by atoms with E-state index in [4.69, 9.17) is 4.74 Å². The van der Waals surface area contributed by atoms with Gasteiger partial charge in [0, 0.05) is 6.42 Å². The minimum absolute atomic E-state index is 0.236. The van der Waals surface area contributed by atoms with Crippen molar-refractivity contribution in [3.63, 3.8) is 0 Å². The molecule has 12 heavy (non-hydrogen) atoms. The van der Waals surface area contributed by atoms with Gasteiger partial charge in [-0.15, -0.1) is 10.2 Å². The van der Waals surface area contributed by atoms with Crippen LogP contribution in [0.4, 0.5) is 0 Å². The number of nitrogens with zero attached hydrogens (tertiary/aromatic N) is 2. The van der Waals surface area contributed by atoms with Gasteiger partial charge < -0.3 is 9.72 Å². The second-order valence-electron chi connectivity index (χ2n) is 2.93. The SMILES string of the molecule is CCc1nnc(COC(C)C)[nH]1. The first-order valence-electron chi connectivity index (χ1n) is 4.24. The predicted molar refractivity (Wildman–Crippen MR) is 45.7 cm³/mol. The fraction of sp³-hybridized carbons (Fsp3) is 0.750. The van der Waals surface area contributed by atoms with Crippen LogP contribution in [0.2, 0.25) is 0 Å². The summed E-state index contributed by atoms with van der Waals surface area (Å²) in [5.41, 5.74) is 0. The molecule has 1 heterocycles. The van der Waals surface area contributed by atoms with E-state index in [2.05, 4.69) is 15.2 Å². The maximum absolute atomic E-state index is 5.35. The highest BCUT2D eigenvalue weighted by Crippen LogP contribution is 1.98. The van der Waals surface area contributed by atoms with Crippen molar-refractivity contribution in [2.75, 3.05) is 0 Å². The molecule has 1 aromatic rings. The summed E-state index contributed by atoms with van der Waals surface area (Å²) >= 11 is 0. The molecule has 0 saturated carbocycles. The van der Waals surface area contributed by atoms with E-state index in [1.54, 1.807) is 0 Å². The van der Waals surface area contributed by atoms with Gasteiger partial charge in [0.05, 0.1) is 6.10 Å². The van der Waals surface area contributed by atoms with Crippen LogP contribution in [0.5, 0.6) is 0 Å². The second kappa shape index (κ2) is 4.21. The van der Waals surface area contributed by atoms with E-state index in [-0.39, 0.29) is 6.10 Å². The first kappa shape index (κ1) is 9.19. The van der Waals surface area contributed by atoms with Crippen molar-refractivity contribution in [1.29, 1.82) is 0 Å². The molecule has 68 valence electrons. The highest BCUT2D eigenvalue weighted by molar-refractivity contribution is 4.87. The van der Waals surface area contributed by atoms with Gasteiger partial charge in [0.25, 0.3) is 0 Å². The van der Waals surface area contributed by atoms with Crippen LogP contribution < -0.4 is 0 Å². The predicted octanol–water partition coefficient (Wildman–Crippen LogP) is 1.29. The number of aromatic amines is 1. The molecule has 0 radical (unpaired) electrons. The standard InChI is InChI=1S/C8H15N3O/c1-4-7-9-8(11-10-7)5-12-6(2)3/h6H,4-5H2,1-3H3,(H,9,10,11). The molecule has 4 nitrogen and oxygen atoms in total. The molecular weight excluding hydrogens is 154 g/mol. The number of hydrogen-bond acceptors (Lipinski definition) is 3. The Hall–Kier alpha value is -0.900. The summed E-state index contributed by atoms with van der Waals surface area (Å²) in [6, 6.07) is 0. The van der Waals surface area contributed by atoms with Crippen molar-refractivity contribution in [1.82, 2.24) is 15.2 Å². The summed E-state index contributed by atoms with van der Waals surface area (Å²) in [4.78, 5) is 3.07. The third kappa shape index (κ3) is 2.62. The normalized spacial score (nSPS) is 11.0. The zero-order valence-electron chi connectivity index (χ0n) is 7.79. The van der Waals surface area contributed by atoms with Crippen molar-refractivity contribution < 1.29 is 4.74 Å². The van der Waals surface area contributed by atoms with Gasteiger partial charge in [0.1, 0.15) is 12.4 Å². The first-order valence-corrected chi connectivity index (χ1v) is 4.24. The summed E-state index contributed by atoms with van der Waals surface area (Å²) in [5, 5.41) is 7.86. The summed E-state index contributed by atoms with van der Waals surface area (Å²) in [7, 11) is 0. The van der Waals surface area contributed by atoms with E-state index < -0.39 is 0 Å². The highest BCUT2D eigenvalue weighted by atomic mass is 16.5. The maximum atomic E-state index is 5.35. The molecule has 1 rings (SSSR count). The topological polar surface area (TPSA) is 50.8 Å². The number of hydrogen-bond donors (Lipinski definition) is 1. The van der Waals surface area contributed by atoms with Gasteiger partial charge in [0.2, 0.25) is 0 Å². The molecule has 0 amide bonds. The Bertz CT molecular complexity index is 232. The molecule has 1 N–H and O–H groups in total. The average molecular weight is 169 g/mol. The zero-order chi connectivity index (χ0) is 8.97. The van der Waals surface area contributed by atoms with E-state index in [1.807, 2.05) is 20.8 Å². The van der Waals surface area contributed by atoms with E-state index in [1.165, 1.54) is 0 Å². The molecule has 0 aliphatic carbocycles. The lowest BCUT2D eigenvalue weighted by Gasteiger charge is -2.03. The van der Waals surface area contributed by atoms with Crippen LogP contribution in [0.25, 0.3) is 0 Å². The fourth-order valence-electron chi connectivity index (χ4n) is 0.807. The molecule has 0 unspecified atom stereocenters. The van der Waals surface area contributed by atoms with Gasteiger partial charge in [-0.1, -0.05) is 6.92 Å². The van der Waals surface area contributed by atoms with E-state index >= 15 is 0 Å². The first-order chi connectivity index (χ1) is 5.72. The van der Waals surface area contributed by atoms with E-state index in [0.29, 0.717) is 6.61 Å². The number of aromatic nitrogens is 3. The van der Waals surface area contributed by atoms with Gasteiger partial charge in [-0.25, -0.2) is 0 Å². The molecule has 0 aromatic carbocycles. The Balaban J connectivity index is 2.41. The van der Waals surface area contributed by atoms with Gasteiger partial charge in [-0.05, 0) is 13.8 Å². The molecule has 0 aliphatic heterocycles. The third-order valence-electron chi connectivity index (χ3n) is 1.47. The number of rotatable bonds is 4. The Morgan fingerprint density at radius 1 is 1.33 bits per heavy atom. The minimum Gasteiger partial charge on any atom is -0.371 e. The molecule has 0 atom stereocenters. The third-order valence-corrected chi connectivity index (χ3v) is 1.47. The molecule has 4 heteroatoms. The van der Waals surface area contributed by atoms with Crippen LogP contribution in [0, 0.1) is 0 Å². The molecule has 0 bridgehead atoms. The van der Waals surface area contributed by atoms with Crippen molar-refractivity contribution >= 4 is 0 Å². The van der Waals surface area contributed by atoms with Crippen LogP contribution in [0.15, 0.2) is 0 Å². The Morgan fingerprint density at radius 2 is 2.00 bits per heavy atom. The number of ether oxygens (including phenoxy) is 1. The summed E-state index contributed by atoms with van der Waals surface area (Å²) in [6.45, 7) is 6.55. The lowest BCUT2D eigenvalue weighted by Crippen LogP contribution is -2.03. The average Bonchev–Trinajstić information content (AvgIpc) is 2.48. The number of nitrogens with one attached hydrogen (secondary N) is 1. The summed E-state index contributed by atoms with van der Waals surface area (Å²) in [6.07, 6.45) is 1.12. The smallest absolute Gasteiger partial charge is 0.156 e.